The summed E-state index contributed by atoms with van der Waals surface area (Å²) >= 11 is 0. The lowest BCUT2D eigenvalue weighted by molar-refractivity contribution is -0.248. The predicted octanol–water partition coefficient (Wildman–Crippen LogP) is 4.98. The lowest BCUT2D eigenvalue weighted by Gasteiger charge is -2.65. The number of hydrogen-bond donors (Lipinski definition) is 1. The molecule has 3 heterocycles. The van der Waals surface area contributed by atoms with Crippen LogP contribution >= 0.6 is 0 Å². The molecule has 0 bridgehead atoms. The van der Waals surface area contributed by atoms with Gasteiger partial charge in [-0.2, -0.15) is 0 Å². The lowest BCUT2D eigenvalue weighted by Crippen LogP contribution is -2.71. The van der Waals surface area contributed by atoms with Gasteiger partial charge in [0.25, 0.3) is 0 Å². The van der Waals surface area contributed by atoms with Crippen molar-refractivity contribution < 1.29 is 42.9 Å². The van der Waals surface area contributed by atoms with Crippen molar-refractivity contribution >= 4 is 17.9 Å². The van der Waals surface area contributed by atoms with Crippen molar-refractivity contribution in [3.63, 3.8) is 0 Å². The van der Waals surface area contributed by atoms with Gasteiger partial charge in [0.1, 0.15) is 18.3 Å². The number of aliphatic hydroxyl groups excluding tert-OH is 1. The van der Waals surface area contributed by atoms with Gasteiger partial charge < -0.3 is 28.5 Å². The van der Waals surface area contributed by atoms with Gasteiger partial charge in [0, 0.05) is 47.8 Å². The molecular formula is C35H40O9. The minimum atomic E-state index is -0.930. The number of aliphatic hydroxyl groups is 1. The van der Waals surface area contributed by atoms with Gasteiger partial charge in [-0.1, -0.05) is 44.5 Å². The first-order valence-corrected chi connectivity index (χ1v) is 15.6. The van der Waals surface area contributed by atoms with Gasteiger partial charge in [0.15, 0.2) is 0 Å². The highest BCUT2D eigenvalue weighted by molar-refractivity contribution is 5.89. The summed E-state index contributed by atoms with van der Waals surface area (Å²) in [6.45, 7) is 9.82. The van der Waals surface area contributed by atoms with Crippen LogP contribution in [0.5, 0.6) is 0 Å². The number of rotatable bonds is 4. The van der Waals surface area contributed by atoms with Crippen LogP contribution in [0.15, 0.2) is 64.5 Å². The Kier molecular flexibility index (Phi) is 6.68. The van der Waals surface area contributed by atoms with Crippen LogP contribution in [-0.4, -0.2) is 60.1 Å². The highest BCUT2D eigenvalue weighted by Crippen LogP contribution is 2.72. The molecule has 9 nitrogen and oxygen atoms in total. The van der Waals surface area contributed by atoms with Gasteiger partial charge in [-0.3, -0.25) is 9.59 Å². The smallest absolute Gasteiger partial charge is 0.338 e. The van der Waals surface area contributed by atoms with E-state index in [0.29, 0.717) is 12.0 Å². The SMILES string of the molecule is CC(=O)O[C@@H]1C[C@H](O)[C@@]2(C)[C@H]3[C@@H](OC[C@]13C)[C@@H](OC(=O)c1ccccc1)[C@]1(C)C3=C(C)[C@H](c4ccoc4)C[C@@H]3OC(=O)C[C@@H]12. The number of allylic oxidation sites excluding steroid dienone is 1. The number of fused-ring (bicyclic) bond motifs is 4. The largest absolute Gasteiger partial charge is 0.472 e. The third kappa shape index (κ3) is 3.94. The van der Waals surface area contributed by atoms with Gasteiger partial charge in [0.05, 0.1) is 36.9 Å². The molecule has 4 fully saturated rings. The fraction of sp³-hybridized carbons (Fsp3) is 0.571. The van der Waals surface area contributed by atoms with Crippen molar-refractivity contribution in [1.29, 1.82) is 0 Å². The maximum Gasteiger partial charge on any atom is 0.338 e. The summed E-state index contributed by atoms with van der Waals surface area (Å²) in [5.74, 6) is -2.16. The molecule has 2 aliphatic heterocycles. The van der Waals surface area contributed by atoms with Gasteiger partial charge in [-0.05, 0) is 48.6 Å². The lowest BCUT2D eigenvalue weighted by atomic mass is 9.39. The Balaban J connectivity index is 1.44. The first kappa shape index (κ1) is 29.3. The minimum absolute atomic E-state index is 0.0463. The highest BCUT2D eigenvalue weighted by atomic mass is 16.6. The molecule has 0 spiro atoms. The van der Waals surface area contributed by atoms with Crippen LogP contribution in [0.2, 0.25) is 0 Å². The molecule has 7 rings (SSSR count). The molecule has 0 radical (unpaired) electrons. The van der Waals surface area contributed by atoms with Crippen LogP contribution in [0.1, 0.15) is 75.7 Å². The molecule has 234 valence electrons. The fourth-order valence-corrected chi connectivity index (χ4v) is 10.2. The average molecular weight is 605 g/mol. The van der Waals surface area contributed by atoms with Crippen molar-refractivity contribution in [2.45, 2.75) is 90.3 Å². The third-order valence-corrected chi connectivity index (χ3v) is 12.0. The van der Waals surface area contributed by atoms with Crippen LogP contribution in [0.4, 0.5) is 0 Å². The number of furan rings is 1. The first-order valence-electron chi connectivity index (χ1n) is 15.6. The van der Waals surface area contributed by atoms with Crippen molar-refractivity contribution in [3.8, 4) is 0 Å². The van der Waals surface area contributed by atoms with Gasteiger partial charge in [-0.15, -0.1) is 0 Å². The molecule has 44 heavy (non-hydrogen) atoms. The number of ether oxygens (including phenoxy) is 4. The summed E-state index contributed by atoms with van der Waals surface area (Å²) in [4.78, 5) is 39.8. The Hall–Kier alpha value is -3.43. The molecule has 0 unspecified atom stereocenters. The van der Waals surface area contributed by atoms with Crippen LogP contribution in [-0.2, 0) is 28.5 Å². The minimum Gasteiger partial charge on any atom is -0.472 e. The van der Waals surface area contributed by atoms with Crippen molar-refractivity contribution in [3.05, 3.63) is 71.2 Å². The molecule has 1 N–H and O–H groups in total. The maximum absolute atomic E-state index is 13.9. The number of carbonyl (C=O) groups excluding carboxylic acids is 3. The van der Waals surface area contributed by atoms with E-state index in [4.69, 9.17) is 23.4 Å². The van der Waals surface area contributed by atoms with Crippen molar-refractivity contribution in [1.82, 2.24) is 0 Å². The summed E-state index contributed by atoms with van der Waals surface area (Å²) in [6, 6.07) is 10.8. The zero-order chi connectivity index (χ0) is 31.2. The molecule has 9 heteroatoms. The van der Waals surface area contributed by atoms with Crippen LogP contribution < -0.4 is 0 Å². The van der Waals surface area contributed by atoms with E-state index in [1.807, 2.05) is 26.0 Å². The summed E-state index contributed by atoms with van der Waals surface area (Å²) < 4.78 is 30.7. The van der Waals surface area contributed by atoms with E-state index in [-0.39, 0.29) is 37.3 Å². The molecule has 2 saturated heterocycles. The molecule has 3 aliphatic carbocycles. The quantitative estimate of drug-likeness (QED) is 0.292. The molecule has 2 aromatic rings. The maximum atomic E-state index is 13.9. The second-order valence-electron chi connectivity index (χ2n) is 14.1. The van der Waals surface area contributed by atoms with Crippen molar-refractivity contribution in [2.75, 3.05) is 6.61 Å². The first-order chi connectivity index (χ1) is 20.9. The number of hydrogen-bond acceptors (Lipinski definition) is 9. The number of benzene rings is 1. The summed E-state index contributed by atoms with van der Waals surface area (Å²) in [5, 5.41) is 12.1. The Labute approximate surface area is 256 Å². The van der Waals surface area contributed by atoms with E-state index < -0.39 is 64.6 Å². The molecular weight excluding hydrogens is 564 g/mol. The highest BCUT2D eigenvalue weighted by Gasteiger charge is 2.77. The van der Waals surface area contributed by atoms with Gasteiger partial charge >= 0.3 is 17.9 Å². The third-order valence-electron chi connectivity index (χ3n) is 12.0. The summed E-state index contributed by atoms with van der Waals surface area (Å²) in [6.07, 6.45) is 0.683. The Morgan fingerprint density at radius 3 is 2.48 bits per heavy atom. The average Bonchev–Trinajstić information content (AvgIpc) is 3.69. The molecule has 5 aliphatic rings. The Morgan fingerprint density at radius 2 is 1.80 bits per heavy atom. The Bertz CT molecular complexity index is 1510. The number of carbonyl (C=O) groups is 3. The van der Waals surface area contributed by atoms with Crippen LogP contribution in [0.25, 0.3) is 0 Å². The monoisotopic (exact) mass is 604 g/mol. The molecule has 1 aromatic carbocycles. The predicted molar refractivity (Wildman–Crippen MR) is 156 cm³/mol. The molecule has 1 aromatic heterocycles. The zero-order valence-electron chi connectivity index (χ0n) is 25.8. The fourth-order valence-electron chi connectivity index (χ4n) is 10.2. The summed E-state index contributed by atoms with van der Waals surface area (Å²) in [7, 11) is 0. The topological polar surface area (TPSA) is 122 Å². The molecule has 0 amide bonds. The van der Waals surface area contributed by atoms with E-state index in [1.54, 1.807) is 36.8 Å². The molecule has 2 saturated carbocycles. The standard InChI is InChI=1S/C35H40O9/c1-18-22(21-11-12-40-16-21)13-23-28(18)35(5)24(14-27(38)43-23)34(4)25(37)15-26(42-19(2)36)33(3)17-41-29(30(33)34)31(35)44-32(39)20-9-7-6-8-10-20/h6-12,16,22-26,29-31,37H,13-15,17H2,1-5H3/t22-,23+,24-,25+,26-,29-,30+,31-,33-,34+,35+/m1/s1. The van der Waals surface area contributed by atoms with Gasteiger partial charge in [0.2, 0.25) is 0 Å². The van der Waals surface area contributed by atoms with E-state index in [2.05, 4.69) is 13.8 Å². The van der Waals surface area contributed by atoms with Crippen molar-refractivity contribution in [2.24, 2.45) is 28.1 Å². The zero-order valence-corrected chi connectivity index (χ0v) is 25.8. The summed E-state index contributed by atoms with van der Waals surface area (Å²) in [5.41, 5.74) is 0.906. The second-order valence-corrected chi connectivity index (χ2v) is 14.1. The van der Waals surface area contributed by atoms with E-state index >= 15 is 0 Å². The second kappa shape index (κ2) is 10.0. The molecule has 11 atom stereocenters. The van der Waals surface area contributed by atoms with Gasteiger partial charge in [-0.25, -0.2) is 4.79 Å². The normalized spacial score (nSPS) is 42.5. The van der Waals surface area contributed by atoms with E-state index in [0.717, 1.165) is 16.7 Å². The van der Waals surface area contributed by atoms with E-state index in [9.17, 15) is 19.5 Å². The Morgan fingerprint density at radius 1 is 1.05 bits per heavy atom. The van der Waals surface area contributed by atoms with E-state index in [1.165, 1.54) is 6.92 Å². The van der Waals surface area contributed by atoms with Crippen LogP contribution in [0, 0.1) is 28.1 Å². The number of esters is 3. The van der Waals surface area contributed by atoms with Crippen LogP contribution in [0.3, 0.4) is 0 Å².